The Kier molecular flexibility index (Phi) is 9.25. The average molecular weight is 136 g/mol. The second kappa shape index (κ2) is 9.13. The Morgan fingerprint density at radius 2 is 1.10 bits per heavy atom. The average Bonchev–Trinajstić information content (AvgIpc) is 1.97. The molecule has 2 radical (unpaired) electrons. The van der Waals surface area contributed by atoms with Crippen LogP contribution in [0.3, 0.4) is 0 Å². The standard InChI is InChI=1S/C8H18B2/c1-3-5-9-7-8-10-6-4-2/h3-8H2,1-2H3. The molecule has 0 spiro atoms. The Morgan fingerprint density at radius 1 is 0.700 bits per heavy atom. The maximum Gasteiger partial charge on any atom is 0.108 e. The molecule has 0 aliphatic heterocycles. The largest absolute Gasteiger partial charge is 0.108 e. The quantitative estimate of drug-likeness (QED) is 0.372. The first-order chi connectivity index (χ1) is 4.91. The third-order valence-electron chi connectivity index (χ3n) is 1.56. The smallest absolute Gasteiger partial charge is 0.0871 e. The van der Waals surface area contributed by atoms with Crippen LogP contribution < -0.4 is 0 Å². The minimum absolute atomic E-state index is 1.29. The molecule has 0 aliphatic rings. The second-order valence-corrected chi connectivity index (χ2v) is 2.73. The predicted octanol–water partition coefficient (Wildman–Crippen LogP) is 2.89. The summed E-state index contributed by atoms with van der Waals surface area (Å²) in [7, 11) is 4.79. The van der Waals surface area contributed by atoms with Crippen LogP contribution in [0, 0.1) is 0 Å². The van der Waals surface area contributed by atoms with Crippen molar-refractivity contribution in [1.82, 2.24) is 0 Å². The van der Waals surface area contributed by atoms with Gasteiger partial charge in [0.2, 0.25) is 0 Å². The summed E-state index contributed by atoms with van der Waals surface area (Å²) in [6.07, 6.45) is 7.75. The zero-order valence-electron chi connectivity index (χ0n) is 7.40. The van der Waals surface area contributed by atoms with Crippen LogP contribution in [0.5, 0.6) is 0 Å². The van der Waals surface area contributed by atoms with Crippen molar-refractivity contribution in [3.05, 3.63) is 0 Å². The van der Waals surface area contributed by atoms with Crippen molar-refractivity contribution in [3.63, 3.8) is 0 Å². The number of hydrogen-bond donors (Lipinski definition) is 0. The van der Waals surface area contributed by atoms with Gasteiger partial charge in [0.25, 0.3) is 0 Å². The van der Waals surface area contributed by atoms with Crippen LogP contribution in [0.1, 0.15) is 26.7 Å². The molecule has 0 nitrogen and oxygen atoms in total. The third kappa shape index (κ3) is 8.13. The molecule has 0 aromatic rings. The fourth-order valence-corrected chi connectivity index (χ4v) is 0.933. The van der Waals surface area contributed by atoms with Gasteiger partial charge in [-0.2, -0.15) is 0 Å². The van der Waals surface area contributed by atoms with Crippen LogP contribution in [-0.2, 0) is 0 Å². The SMILES string of the molecule is CCC[B]CC[B]CCC. The summed E-state index contributed by atoms with van der Waals surface area (Å²) in [4.78, 5) is 0. The van der Waals surface area contributed by atoms with Crippen molar-refractivity contribution in [2.45, 2.75) is 52.0 Å². The topological polar surface area (TPSA) is 0 Å². The number of rotatable bonds is 7. The summed E-state index contributed by atoms with van der Waals surface area (Å²) in [5.74, 6) is 0. The van der Waals surface area contributed by atoms with E-state index in [0.29, 0.717) is 0 Å². The first kappa shape index (κ1) is 10.1. The van der Waals surface area contributed by atoms with Gasteiger partial charge < -0.3 is 0 Å². The van der Waals surface area contributed by atoms with E-state index in [1.165, 1.54) is 38.1 Å². The van der Waals surface area contributed by atoms with Crippen LogP contribution in [-0.4, -0.2) is 14.6 Å². The Morgan fingerprint density at radius 3 is 1.40 bits per heavy atom. The van der Waals surface area contributed by atoms with E-state index in [4.69, 9.17) is 0 Å². The molecule has 0 atom stereocenters. The van der Waals surface area contributed by atoms with Crippen molar-refractivity contribution >= 4 is 14.6 Å². The molecule has 0 aromatic heterocycles. The van der Waals surface area contributed by atoms with Gasteiger partial charge in [-0.05, 0) is 0 Å². The Labute approximate surface area is 67.3 Å². The van der Waals surface area contributed by atoms with Crippen molar-refractivity contribution in [1.29, 1.82) is 0 Å². The van der Waals surface area contributed by atoms with E-state index in [1.807, 2.05) is 0 Å². The molecular weight excluding hydrogens is 118 g/mol. The molecule has 0 amide bonds. The highest BCUT2D eigenvalue weighted by Crippen LogP contribution is 1.98. The van der Waals surface area contributed by atoms with Gasteiger partial charge in [-0.1, -0.05) is 52.0 Å². The van der Waals surface area contributed by atoms with Crippen LogP contribution in [0.25, 0.3) is 0 Å². The predicted molar refractivity (Wildman–Crippen MR) is 51.3 cm³/mol. The van der Waals surface area contributed by atoms with Gasteiger partial charge >= 0.3 is 0 Å². The summed E-state index contributed by atoms with van der Waals surface area (Å²) in [6, 6.07) is 0. The van der Waals surface area contributed by atoms with Crippen molar-refractivity contribution in [2.75, 3.05) is 0 Å². The molecule has 0 bridgehead atoms. The molecule has 10 heavy (non-hydrogen) atoms. The molecule has 0 aliphatic carbocycles. The lowest BCUT2D eigenvalue weighted by atomic mass is 9.59. The monoisotopic (exact) mass is 136 g/mol. The highest BCUT2D eigenvalue weighted by molar-refractivity contribution is 6.41. The summed E-state index contributed by atoms with van der Waals surface area (Å²) in [6.45, 7) is 4.46. The van der Waals surface area contributed by atoms with E-state index in [2.05, 4.69) is 28.4 Å². The van der Waals surface area contributed by atoms with Crippen LogP contribution in [0.2, 0.25) is 25.3 Å². The molecule has 56 valence electrons. The van der Waals surface area contributed by atoms with E-state index in [0.717, 1.165) is 0 Å². The van der Waals surface area contributed by atoms with Crippen molar-refractivity contribution in [3.8, 4) is 0 Å². The lowest BCUT2D eigenvalue weighted by molar-refractivity contribution is 1.06. The number of hydrogen-bond acceptors (Lipinski definition) is 0. The molecule has 0 fully saturated rings. The van der Waals surface area contributed by atoms with Crippen molar-refractivity contribution in [2.24, 2.45) is 0 Å². The van der Waals surface area contributed by atoms with E-state index in [9.17, 15) is 0 Å². The lowest BCUT2D eigenvalue weighted by Crippen LogP contribution is -1.92. The van der Waals surface area contributed by atoms with Gasteiger partial charge in [0.15, 0.2) is 0 Å². The molecule has 2 heteroatoms. The second-order valence-electron chi connectivity index (χ2n) is 2.73. The summed E-state index contributed by atoms with van der Waals surface area (Å²) in [5, 5.41) is 0. The third-order valence-corrected chi connectivity index (χ3v) is 1.56. The zero-order valence-corrected chi connectivity index (χ0v) is 7.40. The Balaban J connectivity index is 2.65. The maximum atomic E-state index is 2.40. The van der Waals surface area contributed by atoms with E-state index < -0.39 is 0 Å². The highest BCUT2D eigenvalue weighted by Gasteiger charge is 1.90. The fourth-order valence-electron chi connectivity index (χ4n) is 0.933. The first-order valence-corrected chi connectivity index (χ1v) is 4.55. The summed E-state index contributed by atoms with van der Waals surface area (Å²) in [5.41, 5.74) is 0. The van der Waals surface area contributed by atoms with Gasteiger partial charge in [-0.25, -0.2) is 0 Å². The Hall–Kier alpha value is 0.130. The highest BCUT2D eigenvalue weighted by atomic mass is 13.7. The van der Waals surface area contributed by atoms with Gasteiger partial charge in [0.05, 0.1) is 0 Å². The minimum Gasteiger partial charge on any atom is -0.0871 e. The molecule has 0 heterocycles. The van der Waals surface area contributed by atoms with Crippen LogP contribution in [0.15, 0.2) is 0 Å². The molecule has 0 rings (SSSR count). The Bertz CT molecular complexity index is 47.2. The van der Waals surface area contributed by atoms with E-state index in [-0.39, 0.29) is 0 Å². The molecule has 0 aromatic carbocycles. The fraction of sp³-hybridized carbons (Fsp3) is 1.00. The van der Waals surface area contributed by atoms with Gasteiger partial charge in [-0.15, -0.1) is 0 Å². The molecule has 0 unspecified atom stereocenters. The lowest BCUT2D eigenvalue weighted by Gasteiger charge is -1.94. The van der Waals surface area contributed by atoms with Crippen LogP contribution in [0.4, 0.5) is 0 Å². The normalized spacial score (nSPS) is 9.40. The van der Waals surface area contributed by atoms with Crippen LogP contribution >= 0.6 is 0 Å². The maximum absolute atomic E-state index is 2.40. The zero-order chi connectivity index (χ0) is 7.66. The van der Waals surface area contributed by atoms with E-state index >= 15 is 0 Å². The van der Waals surface area contributed by atoms with Gasteiger partial charge in [-0.3, -0.25) is 0 Å². The van der Waals surface area contributed by atoms with E-state index in [1.54, 1.807) is 0 Å². The van der Waals surface area contributed by atoms with Gasteiger partial charge in [0, 0.05) is 0 Å². The minimum atomic E-state index is 1.29. The first-order valence-electron chi connectivity index (χ1n) is 4.55. The van der Waals surface area contributed by atoms with Gasteiger partial charge in [0.1, 0.15) is 14.6 Å². The summed E-state index contributed by atoms with van der Waals surface area (Å²) >= 11 is 0. The molecule has 0 saturated carbocycles. The summed E-state index contributed by atoms with van der Waals surface area (Å²) < 4.78 is 0. The molecule has 0 saturated heterocycles. The van der Waals surface area contributed by atoms with Crippen molar-refractivity contribution < 1.29 is 0 Å². The molecule has 0 N–H and O–H groups in total. The molecular formula is C8H18B2.